The van der Waals surface area contributed by atoms with Crippen LogP contribution in [0.4, 0.5) is 0 Å². The fourth-order valence-electron chi connectivity index (χ4n) is 1.35. The second-order valence-electron chi connectivity index (χ2n) is 3.53. The van der Waals surface area contributed by atoms with Crippen LogP contribution in [0.1, 0.15) is 12.5 Å². The van der Waals surface area contributed by atoms with Gasteiger partial charge in [0.2, 0.25) is 5.88 Å². The lowest BCUT2D eigenvalue weighted by Gasteiger charge is -2.15. The van der Waals surface area contributed by atoms with E-state index in [9.17, 15) is 0 Å². The lowest BCUT2D eigenvalue weighted by molar-refractivity contribution is 0.0881. The zero-order valence-electron chi connectivity index (χ0n) is 9.79. The minimum Gasteiger partial charge on any atom is -0.472 e. The topological polar surface area (TPSA) is 43.4 Å². The van der Waals surface area contributed by atoms with Crippen molar-refractivity contribution in [3.05, 3.63) is 22.3 Å². The van der Waals surface area contributed by atoms with Crippen LogP contribution in [-0.4, -0.2) is 31.9 Å². The van der Waals surface area contributed by atoms with Crippen molar-refractivity contribution >= 4 is 15.9 Å². The van der Waals surface area contributed by atoms with Gasteiger partial charge in [0.25, 0.3) is 0 Å². The molecule has 0 aliphatic carbocycles. The van der Waals surface area contributed by atoms with E-state index >= 15 is 0 Å². The maximum absolute atomic E-state index is 5.70. The molecule has 5 heteroatoms. The molecule has 0 saturated carbocycles. The molecule has 90 valence electrons. The van der Waals surface area contributed by atoms with E-state index < -0.39 is 0 Å². The first-order chi connectivity index (χ1) is 7.67. The van der Waals surface area contributed by atoms with Crippen molar-refractivity contribution in [2.75, 3.05) is 20.8 Å². The molecule has 0 amide bonds. The Hall–Kier alpha value is -0.650. The number of nitrogens with zero attached hydrogens (tertiary/aromatic N) is 1. The lowest BCUT2D eigenvalue weighted by Crippen LogP contribution is -2.20. The van der Waals surface area contributed by atoms with E-state index in [0.717, 1.165) is 16.6 Å². The molecule has 16 heavy (non-hydrogen) atoms. The van der Waals surface area contributed by atoms with Gasteiger partial charge in [-0.3, -0.25) is 0 Å². The molecule has 1 rings (SSSR count). The van der Waals surface area contributed by atoms with E-state index in [4.69, 9.17) is 9.47 Å². The van der Waals surface area contributed by atoms with Gasteiger partial charge in [-0.25, -0.2) is 4.98 Å². The molecular weight excluding hydrogens is 272 g/mol. The highest BCUT2D eigenvalue weighted by Gasteiger charge is 2.09. The monoisotopic (exact) mass is 288 g/mol. The van der Waals surface area contributed by atoms with Crippen LogP contribution in [0.25, 0.3) is 0 Å². The normalized spacial score (nSPS) is 12.5. The highest BCUT2D eigenvalue weighted by Crippen LogP contribution is 2.20. The van der Waals surface area contributed by atoms with Gasteiger partial charge in [0, 0.05) is 29.9 Å². The van der Waals surface area contributed by atoms with Gasteiger partial charge in [0.05, 0.1) is 6.61 Å². The van der Waals surface area contributed by atoms with Gasteiger partial charge < -0.3 is 14.8 Å². The van der Waals surface area contributed by atoms with Crippen molar-refractivity contribution in [1.29, 1.82) is 0 Å². The van der Waals surface area contributed by atoms with E-state index in [-0.39, 0.29) is 6.10 Å². The predicted molar refractivity (Wildman–Crippen MR) is 66.7 cm³/mol. The third-order valence-corrected chi connectivity index (χ3v) is 2.41. The molecule has 0 spiro atoms. The van der Waals surface area contributed by atoms with Gasteiger partial charge in [0.1, 0.15) is 6.10 Å². The molecule has 0 bridgehead atoms. The lowest BCUT2D eigenvalue weighted by atomic mass is 10.2. The Morgan fingerprint density at radius 2 is 2.31 bits per heavy atom. The second-order valence-corrected chi connectivity index (χ2v) is 4.45. The summed E-state index contributed by atoms with van der Waals surface area (Å²) in [6.07, 6.45) is 1.72. The molecule has 0 aliphatic rings. The minimum absolute atomic E-state index is 0.00529. The smallest absolute Gasteiger partial charge is 0.218 e. The Bertz CT molecular complexity index is 334. The summed E-state index contributed by atoms with van der Waals surface area (Å²) < 4.78 is 11.7. The molecule has 0 aromatic carbocycles. The number of nitrogens with one attached hydrogen (secondary N) is 1. The van der Waals surface area contributed by atoms with Gasteiger partial charge in [-0.2, -0.15) is 0 Å². The third-order valence-electron chi connectivity index (χ3n) is 1.97. The van der Waals surface area contributed by atoms with Crippen LogP contribution >= 0.6 is 15.9 Å². The molecule has 1 aromatic heterocycles. The zero-order chi connectivity index (χ0) is 12.0. The van der Waals surface area contributed by atoms with E-state index in [1.54, 1.807) is 13.3 Å². The molecule has 1 unspecified atom stereocenters. The Morgan fingerprint density at radius 1 is 1.56 bits per heavy atom. The van der Waals surface area contributed by atoms with Crippen LogP contribution in [0.3, 0.4) is 0 Å². The molecular formula is C11H17BrN2O2. The molecule has 0 saturated heterocycles. The Kier molecular flexibility index (Phi) is 5.73. The first-order valence-electron chi connectivity index (χ1n) is 5.12. The molecule has 1 heterocycles. The maximum atomic E-state index is 5.70. The quantitative estimate of drug-likeness (QED) is 0.869. The highest BCUT2D eigenvalue weighted by atomic mass is 79.9. The molecule has 1 aromatic rings. The average molecular weight is 289 g/mol. The van der Waals surface area contributed by atoms with Crippen molar-refractivity contribution in [3.8, 4) is 5.88 Å². The zero-order valence-corrected chi connectivity index (χ0v) is 11.4. The number of aromatic nitrogens is 1. The fraction of sp³-hybridized carbons (Fsp3) is 0.545. The molecule has 1 atom stereocenters. The largest absolute Gasteiger partial charge is 0.472 e. The second kappa shape index (κ2) is 6.83. The first kappa shape index (κ1) is 13.4. The summed E-state index contributed by atoms with van der Waals surface area (Å²) in [5.41, 5.74) is 1.03. The Morgan fingerprint density at radius 3 is 2.94 bits per heavy atom. The van der Waals surface area contributed by atoms with Crippen molar-refractivity contribution in [1.82, 2.24) is 10.3 Å². The van der Waals surface area contributed by atoms with E-state index in [2.05, 4.69) is 26.2 Å². The average Bonchev–Trinajstić information content (AvgIpc) is 2.23. The third kappa shape index (κ3) is 4.08. The van der Waals surface area contributed by atoms with Gasteiger partial charge in [-0.1, -0.05) is 0 Å². The number of hydrogen-bond acceptors (Lipinski definition) is 4. The fourth-order valence-corrected chi connectivity index (χ4v) is 1.73. The standard InChI is InChI=1S/C11H17BrN2O2/c1-8(7-15-3)16-11-9(5-13-2)4-10(12)6-14-11/h4,6,8,13H,5,7H2,1-3H3. The Balaban J connectivity index is 2.77. The van der Waals surface area contributed by atoms with Crippen molar-refractivity contribution in [2.45, 2.75) is 19.6 Å². The summed E-state index contributed by atoms with van der Waals surface area (Å²) in [4.78, 5) is 4.25. The number of halogens is 1. The van der Waals surface area contributed by atoms with Gasteiger partial charge in [-0.15, -0.1) is 0 Å². The van der Waals surface area contributed by atoms with Gasteiger partial charge in [-0.05, 0) is 36.0 Å². The Labute approximate surface area is 104 Å². The number of hydrogen-bond donors (Lipinski definition) is 1. The van der Waals surface area contributed by atoms with E-state index in [0.29, 0.717) is 12.5 Å². The predicted octanol–water partition coefficient (Wildman–Crippen LogP) is 1.98. The van der Waals surface area contributed by atoms with Crippen LogP contribution in [0, 0.1) is 0 Å². The summed E-state index contributed by atoms with van der Waals surface area (Å²) in [7, 11) is 3.55. The van der Waals surface area contributed by atoms with E-state index in [1.165, 1.54) is 0 Å². The molecule has 0 fully saturated rings. The summed E-state index contributed by atoms with van der Waals surface area (Å²) in [5, 5.41) is 3.08. The molecule has 0 radical (unpaired) electrons. The number of ether oxygens (including phenoxy) is 2. The number of methoxy groups -OCH3 is 1. The molecule has 0 aliphatic heterocycles. The van der Waals surface area contributed by atoms with Gasteiger partial charge >= 0.3 is 0 Å². The summed E-state index contributed by atoms with van der Waals surface area (Å²) in [6, 6.07) is 2.00. The van der Waals surface area contributed by atoms with Crippen LogP contribution in [-0.2, 0) is 11.3 Å². The van der Waals surface area contributed by atoms with Crippen molar-refractivity contribution < 1.29 is 9.47 Å². The molecule has 4 nitrogen and oxygen atoms in total. The number of rotatable bonds is 6. The first-order valence-corrected chi connectivity index (χ1v) is 5.91. The number of pyridine rings is 1. The van der Waals surface area contributed by atoms with Gasteiger partial charge in [0.15, 0.2) is 0 Å². The van der Waals surface area contributed by atoms with Crippen LogP contribution in [0.5, 0.6) is 5.88 Å². The SMILES string of the molecule is CNCc1cc(Br)cnc1OC(C)COC. The van der Waals surface area contributed by atoms with Crippen LogP contribution in [0.15, 0.2) is 16.7 Å². The van der Waals surface area contributed by atoms with Crippen molar-refractivity contribution in [3.63, 3.8) is 0 Å². The maximum Gasteiger partial charge on any atom is 0.218 e. The van der Waals surface area contributed by atoms with Crippen molar-refractivity contribution in [2.24, 2.45) is 0 Å². The summed E-state index contributed by atoms with van der Waals surface area (Å²) in [6.45, 7) is 3.23. The minimum atomic E-state index is -0.00529. The van der Waals surface area contributed by atoms with Crippen LogP contribution < -0.4 is 10.1 Å². The summed E-state index contributed by atoms with van der Waals surface area (Å²) in [5.74, 6) is 0.655. The highest BCUT2D eigenvalue weighted by molar-refractivity contribution is 9.10. The molecule has 1 N–H and O–H groups in total. The van der Waals surface area contributed by atoms with E-state index in [1.807, 2.05) is 20.0 Å². The van der Waals surface area contributed by atoms with Crippen LogP contribution in [0.2, 0.25) is 0 Å². The summed E-state index contributed by atoms with van der Waals surface area (Å²) >= 11 is 3.39.